The molecule has 0 aromatic carbocycles. The summed E-state index contributed by atoms with van der Waals surface area (Å²) >= 11 is 0. The van der Waals surface area contributed by atoms with E-state index < -0.39 is 0 Å². The van der Waals surface area contributed by atoms with E-state index in [4.69, 9.17) is 4.74 Å². The summed E-state index contributed by atoms with van der Waals surface area (Å²) in [6, 6.07) is 4.17. The van der Waals surface area contributed by atoms with E-state index in [-0.39, 0.29) is 24.0 Å². The molecular weight excluding hydrogens is 403 g/mol. The van der Waals surface area contributed by atoms with E-state index in [1.807, 2.05) is 12.1 Å². The molecule has 1 atom stereocenters. The maximum atomic E-state index is 5.59. The van der Waals surface area contributed by atoms with Crippen LogP contribution in [0.25, 0.3) is 0 Å². The lowest BCUT2D eigenvalue weighted by atomic mass is 10.0. The second kappa shape index (κ2) is 13.4. The minimum Gasteiger partial charge on any atom is -0.490 e. The SMILES string of the molecule is CCNC(=NCCOc1cccnc1)NC(C)CCC(C)C.I. The number of rotatable bonds is 9. The number of pyridine rings is 1. The maximum absolute atomic E-state index is 5.59. The fraction of sp³-hybridized carbons (Fsp3) is 0.647. The molecule has 0 spiro atoms. The molecule has 0 aliphatic heterocycles. The summed E-state index contributed by atoms with van der Waals surface area (Å²) < 4.78 is 5.59. The molecule has 5 nitrogen and oxygen atoms in total. The van der Waals surface area contributed by atoms with E-state index in [2.05, 4.69) is 48.3 Å². The number of ether oxygens (including phenoxy) is 1. The van der Waals surface area contributed by atoms with Gasteiger partial charge in [0.15, 0.2) is 5.96 Å². The van der Waals surface area contributed by atoms with Crippen LogP contribution in [-0.2, 0) is 0 Å². The first-order valence-electron chi connectivity index (χ1n) is 8.19. The van der Waals surface area contributed by atoms with Crippen molar-refractivity contribution in [3.63, 3.8) is 0 Å². The summed E-state index contributed by atoms with van der Waals surface area (Å²) in [4.78, 5) is 8.56. The zero-order valence-electron chi connectivity index (χ0n) is 14.7. The zero-order chi connectivity index (χ0) is 16.2. The highest BCUT2D eigenvalue weighted by Crippen LogP contribution is 2.06. The van der Waals surface area contributed by atoms with Crippen molar-refractivity contribution in [2.24, 2.45) is 10.9 Å². The van der Waals surface area contributed by atoms with Crippen molar-refractivity contribution < 1.29 is 4.74 Å². The second-order valence-electron chi connectivity index (χ2n) is 5.81. The summed E-state index contributed by atoms with van der Waals surface area (Å²) in [7, 11) is 0. The fourth-order valence-electron chi connectivity index (χ4n) is 1.96. The quantitative estimate of drug-likeness (QED) is 0.271. The molecule has 0 fully saturated rings. The number of hydrogen-bond acceptors (Lipinski definition) is 3. The van der Waals surface area contributed by atoms with Crippen molar-refractivity contribution in [3.05, 3.63) is 24.5 Å². The molecule has 23 heavy (non-hydrogen) atoms. The molecule has 1 aromatic rings. The van der Waals surface area contributed by atoms with Gasteiger partial charge in [0.05, 0.1) is 12.7 Å². The largest absolute Gasteiger partial charge is 0.490 e. The van der Waals surface area contributed by atoms with Crippen LogP contribution in [-0.4, -0.2) is 36.7 Å². The Labute approximate surface area is 157 Å². The molecule has 0 saturated heterocycles. The van der Waals surface area contributed by atoms with Crippen LogP contribution in [0.2, 0.25) is 0 Å². The number of hydrogen-bond donors (Lipinski definition) is 2. The van der Waals surface area contributed by atoms with E-state index in [0.29, 0.717) is 19.2 Å². The van der Waals surface area contributed by atoms with Crippen LogP contribution in [0.3, 0.4) is 0 Å². The van der Waals surface area contributed by atoms with Crippen molar-refractivity contribution in [2.75, 3.05) is 19.7 Å². The van der Waals surface area contributed by atoms with Crippen molar-refractivity contribution in [2.45, 2.75) is 46.6 Å². The van der Waals surface area contributed by atoms with Crippen LogP contribution in [0.5, 0.6) is 5.75 Å². The van der Waals surface area contributed by atoms with Crippen LogP contribution in [0.4, 0.5) is 0 Å². The minimum atomic E-state index is 0. The van der Waals surface area contributed by atoms with Crippen LogP contribution >= 0.6 is 24.0 Å². The Bertz CT molecular complexity index is 426. The van der Waals surface area contributed by atoms with E-state index in [9.17, 15) is 0 Å². The smallest absolute Gasteiger partial charge is 0.191 e. The third-order valence-corrected chi connectivity index (χ3v) is 3.17. The number of aliphatic imine (C=N–C) groups is 1. The van der Waals surface area contributed by atoms with Crippen LogP contribution in [0.15, 0.2) is 29.5 Å². The van der Waals surface area contributed by atoms with Gasteiger partial charge < -0.3 is 15.4 Å². The molecule has 0 bridgehead atoms. The Hall–Kier alpha value is -1.05. The Morgan fingerprint density at radius 3 is 2.70 bits per heavy atom. The number of halogens is 1. The molecule has 0 aliphatic rings. The Kier molecular flexibility index (Phi) is 12.8. The number of aromatic nitrogens is 1. The van der Waals surface area contributed by atoms with Gasteiger partial charge in [-0.25, -0.2) is 4.99 Å². The van der Waals surface area contributed by atoms with Gasteiger partial charge in [-0.3, -0.25) is 4.98 Å². The summed E-state index contributed by atoms with van der Waals surface area (Å²) in [5.74, 6) is 2.37. The molecule has 1 rings (SSSR count). The molecule has 2 N–H and O–H groups in total. The highest BCUT2D eigenvalue weighted by atomic mass is 127. The second-order valence-corrected chi connectivity index (χ2v) is 5.81. The predicted molar refractivity (Wildman–Crippen MR) is 108 cm³/mol. The highest BCUT2D eigenvalue weighted by molar-refractivity contribution is 14.0. The van der Waals surface area contributed by atoms with Crippen LogP contribution < -0.4 is 15.4 Å². The van der Waals surface area contributed by atoms with Crippen LogP contribution in [0.1, 0.15) is 40.5 Å². The van der Waals surface area contributed by atoms with Crippen molar-refractivity contribution in [1.29, 1.82) is 0 Å². The third-order valence-electron chi connectivity index (χ3n) is 3.17. The number of guanidine groups is 1. The Balaban J connectivity index is 0.00000484. The van der Waals surface area contributed by atoms with Gasteiger partial charge in [0.2, 0.25) is 0 Å². The molecule has 1 unspecified atom stereocenters. The van der Waals surface area contributed by atoms with Gasteiger partial charge in [0.25, 0.3) is 0 Å². The highest BCUT2D eigenvalue weighted by Gasteiger charge is 2.06. The first-order chi connectivity index (χ1) is 10.6. The van der Waals surface area contributed by atoms with E-state index in [1.165, 1.54) is 6.42 Å². The van der Waals surface area contributed by atoms with Gasteiger partial charge in [-0.15, -0.1) is 24.0 Å². The van der Waals surface area contributed by atoms with E-state index >= 15 is 0 Å². The minimum absolute atomic E-state index is 0. The monoisotopic (exact) mass is 434 g/mol. The Morgan fingerprint density at radius 1 is 1.30 bits per heavy atom. The summed E-state index contributed by atoms with van der Waals surface area (Å²) in [6.45, 7) is 10.8. The van der Waals surface area contributed by atoms with Gasteiger partial charge in [-0.05, 0) is 44.7 Å². The standard InChI is InChI=1S/C17H30N4O.HI/c1-5-19-17(21-15(4)9-8-14(2)3)20-11-12-22-16-7-6-10-18-13-16;/h6-7,10,13-15H,5,8-9,11-12H2,1-4H3,(H2,19,20,21);1H. The average molecular weight is 434 g/mol. The number of nitrogens with zero attached hydrogens (tertiary/aromatic N) is 2. The molecule has 0 aliphatic carbocycles. The molecule has 0 radical (unpaired) electrons. The molecule has 1 heterocycles. The van der Waals surface area contributed by atoms with Crippen LogP contribution in [0, 0.1) is 5.92 Å². The Morgan fingerprint density at radius 2 is 2.09 bits per heavy atom. The zero-order valence-corrected chi connectivity index (χ0v) is 17.0. The van der Waals surface area contributed by atoms with E-state index in [1.54, 1.807) is 12.4 Å². The summed E-state index contributed by atoms with van der Waals surface area (Å²) in [5.41, 5.74) is 0. The van der Waals surface area contributed by atoms with E-state index in [0.717, 1.165) is 30.6 Å². The first-order valence-corrected chi connectivity index (χ1v) is 8.19. The topological polar surface area (TPSA) is 58.5 Å². The lowest BCUT2D eigenvalue weighted by Gasteiger charge is -2.18. The predicted octanol–water partition coefficient (Wildman–Crippen LogP) is 3.46. The number of nitrogens with one attached hydrogen (secondary N) is 2. The van der Waals surface area contributed by atoms with Gasteiger partial charge in [0, 0.05) is 18.8 Å². The fourth-order valence-corrected chi connectivity index (χ4v) is 1.96. The molecule has 0 saturated carbocycles. The molecule has 6 heteroatoms. The van der Waals surface area contributed by atoms with Crippen molar-refractivity contribution >= 4 is 29.9 Å². The van der Waals surface area contributed by atoms with Gasteiger partial charge in [0.1, 0.15) is 12.4 Å². The summed E-state index contributed by atoms with van der Waals surface area (Å²) in [5, 5.41) is 6.71. The first kappa shape index (κ1) is 21.9. The average Bonchev–Trinajstić information content (AvgIpc) is 2.50. The van der Waals surface area contributed by atoms with Gasteiger partial charge >= 0.3 is 0 Å². The maximum Gasteiger partial charge on any atom is 0.191 e. The van der Waals surface area contributed by atoms with Crippen molar-refractivity contribution in [1.82, 2.24) is 15.6 Å². The normalized spacial score (nSPS) is 12.5. The molecular formula is C17H31IN4O. The lowest BCUT2D eigenvalue weighted by Crippen LogP contribution is -2.42. The molecule has 132 valence electrons. The summed E-state index contributed by atoms with van der Waals surface area (Å²) in [6.07, 6.45) is 5.81. The third kappa shape index (κ3) is 11.2. The van der Waals surface area contributed by atoms with Gasteiger partial charge in [-0.1, -0.05) is 13.8 Å². The molecule has 0 amide bonds. The molecule has 1 aromatic heterocycles. The van der Waals surface area contributed by atoms with Gasteiger partial charge in [-0.2, -0.15) is 0 Å². The lowest BCUT2D eigenvalue weighted by molar-refractivity contribution is 0.327. The van der Waals surface area contributed by atoms with Crippen molar-refractivity contribution in [3.8, 4) is 5.75 Å².